The zero-order chi connectivity index (χ0) is 18.4. The first kappa shape index (κ1) is 18.1. The highest BCUT2D eigenvalue weighted by Gasteiger charge is 2.19. The molecular formula is C18H17FN2O4. The van der Waals surface area contributed by atoms with Crippen LogP contribution in [0.2, 0.25) is 0 Å². The monoisotopic (exact) mass is 344 g/mol. The van der Waals surface area contributed by atoms with Gasteiger partial charge >= 0.3 is 5.97 Å². The minimum atomic E-state index is -1.05. The Labute approximate surface area is 143 Å². The summed E-state index contributed by atoms with van der Waals surface area (Å²) in [6.45, 7) is 0. The molecule has 25 heavy (non-hydrogen) atoms. The number of primary amides is 1. The Morgan fingerprint density at radius 3 is 2.08 bits per heavy atom. The largest absolute Gasteiger partial charge is 0.478 e. The lowest BCUT2D eigenvalue weighted by molar-refractivity contribution is -0.127. The van der Waals surface area contributed by atoms with Crippen LogP contribution < -0.4 is 11.1 Å². The molecule has 0 fully saturated rings. The molecular weight excluding hydrogens is 327 g/mol. The lowest BCUT2D eigenvalue weighted by Gasteiger charge is -2.16. The number of nitrogens with one attached hydrogen (secondary N) is 1. The van der Waals surface area contributed by atoms with E-state index < -0.39 is 29.6 Å². The van der Waals surface area contributed by atoms with Gasteiger partial charge in [-0.05, 0) is 35.4 Å². The number of aromatic carboxylic acids is 1. The van der Waals surface area contributed by atoms with Crippen molar-refractivity contribution in [3.63, 3.8) is 0 Å². The summed E-state index contributed by atoms with van der Waals surface area (Å²) in [5, 5.41) is 11.4. The van der Waals surface area contributed by atoms with Crippen LogP contribution >= 0.6 is 0 Å². The Bertz CT molecular complexity index is 773. The van der Waals surface area contributed by atoms with E-state index in [9.17, 15) is 18.8 Å². The summed E-state index contributed by atoms with van der Waals surface area (Å²) in [5.74, 6) is -2.57. The van der Waals surface area contributed by atoms with Gasteiger partial charge in [-0.15, -0.1) is 0 Å². The summed E-state index contributed by atoms with van der Waals surface area (Å²) >= 11 is 0. The van der Waals surface area contributed by atoms with E-state index in [0.29, 0.717) is 11.1 Å². The zero-order valence-corrected chi connectivity index (χ0v) is 13.2. The Morgan fingerprint density at radius 1 is 1.00 bits per heavy atom. The molecule has 0 aliphatic carbocycles. The fourth-order valence-electron chi connectivity index (χ4n) is 2.27. The van der Waals surface area contributed by atoms with Gasteiger partial charge in [0.1, 0.15) is 11.9 Å². The van der Waals surface area contributed by atoms with Crippen LogP contribution in [0.3, 0.4) is 0 Å². The lowest BCUT2D eigenvalue weighted by atomic mass is 10.0. The van der Waals surface area contributed by atoms with Crippen LogP contribution in [0.1, 0.15) is 21.5 Å². The van der Waals surface area contributed by atoms with E-state index in [4.69, 9.17) is 10.8 Å². The Balaban J connectivity index is 2.00. The van der Waals surface area contributed by atoms with Gasteiger partial charge < -0.3 is 16.2 Å². The van der Waals surface area contributed by atoms with E-state index in [1.807, 2.05) is 0 Å². The van der Waals surface area contributed by atoms with E-state index in [2.05, 4.69) is 5.32 Å². The summed E-state index contributed by atoms with van der Waals surface area (Å²) in [4.78, 5) is 34.5. The van der Waals surface area contributed by atoms with E-state index in [0.717, 1.165) is 0 Å². The van der Waals surface area contributed by atoms with Crippen molar-refractivity contribution in [2.24, 2.45) is 5.73 Å². The van der Waals surface area contributed by atoms with E-state index in [1.54, 1.807) is 12.1 Å². The number of benzene rings is 2. The third-order valence-corrected chi connectivity index (χ3v) is 3.60. The zero-order valence-electron chi connectivity index (χ0n) is 13.2. The van der Waals surface area contributed by atoms with Crippen LogP contribution in [-0.2, 0) is 22.4 Å². The summed E-state index contributed by atoms with van der Waals surface area (Å²) in [6.07, 6.45) is 0.131. The number of amides is 2. The van der Waals surface area contributed by atoms with Crippen LogP contribution in [0, 0.1) is 5.82 Å². The standard InChI is InChI=1S/C18H17FN2O4/c19-14-7-3-12(4-8-14)10-16(22)21-15(17(20)23)9-11-1-5-13(6-2-11)18(24)25/h1-8,15H,9-10H2,(H2,20,23)(H,21,22)(H,24,25)/t15-/m0/s1. The first-order chi connectivity index (χ1) is 11.8. The van der Waals surface area contributed by atoms with Crippen LogP contribution in [0.15, 0.2) is 48.5 Å². The van der Waals surface area contributed by atoms with Gasteiger partial charge in [-0.1, -0.05) is 24.3 Å². The molecule has 7 heteroatoms. The molecule has 1 atom stereocenters. The van der Waals surface area contributed by atoms with Gasteiger partial charge in [0.2, 0.25) is 11.8 Å². The van der Waals surface area contributed by atoms with Crippen molar-refractivity contribution < 1.29 is 23.9 Å². The number of hydrogen-bond donors (Lipinski definition) is 3. The number of carboxylic acid groups (broad SMARTS) is 1. The maximum absolute atomic E-state index is 12.9. The molecule has 0 spiro atoms. The summed E-state index contributed by atoms with van der Waals surface area (Å²) in [6, 6.07) is 10.5. The molecule has 0 radical (unpaired) electrons. The molecule has 2 amide bonds. The number of halogens is 1. The van der Waals surface area contributed by atoms with Gasteiger partial charge in [0, 0.05) is 6.42 Å². The number of rotatable bonds is 7. The van der Waals surface area contributed by atoms with Crippen molar-refractivity contribution >= 4 is 17.8 Å². The van der Waals surface area contributed by atoms with Crippen molar-refractivity contribution in [3.8, 4) is 0 Å². The quantitative estimate of drug-likeness (QED) is 0.703. The molecule has 0 aliphatic heterocycles. The van der Waals surface area contributed by atoms with Crippen molar-refractivity contribution in [2.75, 3.05) is 0 Å². The predicted molar refractivity (Wildman–Crippen MR) is 88.3 cm³/mol. The second-order valence-electron chi connectivity index (χ2n) is 5.53. The lowest BCUT2D eigenvalue weighted by Crippen LogP contribution is -2.46. The molecule has 2 rings (SSSR count). The number of hydrogen-bond acceptors (Lipinski definition) is 3. The summed E-state index contributed by atoms with van der Waals surface area (Å²) < 4.78 is 12.9. The van der Waals surface area contributed by atoms with Crippen LogP contribution in [0.25, 0.3) is 0 Å². The van der Waals surface area contributed by atoms with Gasteiger partial charge in [0.05, 0.1) is 12.0 Å². The SMILES string of the molecule is NC(=O)[C@H](Cc1ccc(C(=O)O)cc1)NC(=O)Cc1ccc(F)cc1. The Hall–Kier alpha value is -3.22. The molecule has 0 unspecified atom stereocenters. The Kier molecular flexibility index (Phi) is 5.84. The highest BCUT2D eigenvalue weighted by molar-refractivity contribution is 5.88. The minimum Gasteiger partial charge on any atom is -0.478 e. The van der Waals surface area contributed by atoms with E-state index in [1.165, 1.54) is 36.4 Å². The van der Waals surface area contributed by atoms with Gasteiger partial charge in [-0.2, -0.15) is 0 Å². The molecule has 0 heterocycles. The molecule has 130 valence electrons. The smallest absolute Gasteiger partial charge is 0.335 e. The normalized spacial score (nSPS) is 11.6. The van der Waals surface area contributed by atoms with Crippen molar-refractivity contribution in [1.82, 2.24) is 5.32 Å². The predicted octanol–water partition coefficient (Wildman–Crippen LogP) is 1.28. The second kappa shape index (κ2) is 8.05. The average molecular weight is 344 g/mol. The average Bonchev–Trinajstić information content (AvgIpc) is 2.56. The van der Waals surface area contributed by atoms with E-state index in [-0.39, 0.29) is 18.4 Å². The topological polar surface area (TPSA) is 109 Å². The highest BCUT2D eigenvalue weighted by atomic mass is 19.1. The minimum absolute atomic E-state index is 0.0119. The summed E-state index contributed by atoms with van der Waals surface area (Å²) in [7, 11) is 0. The molecule has 0 saturated heterocycles. The molecule has 0 bridgehead atoms. The third-order valence-electron chi connectivity index (χ3n) is 3.60. The first-order valence-electron chi connectivity index (χ1n) is 7.50. The molecule has 0 saturated carbocycles. The number of carbonyl (C=O) groups excluding carboxylic acids is 2. The molecule has 4 N–H and O–H groups in total. The maximum Gasteiger partial charge on any atom is 0.335 e. The number of carboxylic acids is 1. The molecule has 2 aromatic rings. The number of nitrogens with two attached hydrogens (primary N) is 1. The highest BCUT2D eigenvalue weighted by Crippen LogP contribution is 2.08. The maximum atomic E-state index is 12.9. The molecule has 2 aromatic carbocycles. The fraction of sp³-hybridized carbons (Fsp3) is 0.167. The van der Waals surface area contributed by atoms with Crippen LogP contribution in [0.4, 0.5) is 4.39 Å². The van der Waals surface area contributed by atoms with Gasteiger partial charge in [-0.3, -0.25) is 9.59 Å². The third kappa shape index (κ3) is 5.42. The summed E-state index contributed by atoms with van der Waals surface area (Å²) in [5.41, 5.74) is 6.72. The molecule has 0 aliphatic rings. The number of carbonyl (C=O) groups is 3. The van der Waals surface area contributed by atoms with Gasteiger partial charge in [0.15, 0.2) is 0 Å². The van der Waals surface area contributed by atoms with Crippen LogP contribution in [-0.4, -0.2) is 28.9 Å². The van der Waals surface area contributed by atoms with Gasteiger partial charge in [0.25, 0.3) is 0 Å². The first-order valence-corrected chi connectivity index (χ1v) is 7.50. The van der Waals surface area contributed by atoms with Crippen molar-refractivity contribution in [3.05, 3.63) is 71.0 Å². The molecule has 6 nitrogen and oxygen atoms in total. The van der Waals surface area contributed by atoms with Gasteiger partial charge in [-0.25, -0.2) is 9.18 Å². The van der Waals surface area contributed by atoms with Crippen LogP contribution in [0.5, 0.6) is 0 Å². The molecule has 0 aromatic heterocycles. The van der Waals surface area contributed by atoms with E-state index >= 15 is 0 Å². The Morgan fingerprint density at radius 2 is 1.56 bits per heavy atom. The fourth-order valence-corrected chi connectivity index (χ4v) is 2.27. The van der Waals surface area contributed by atoms with Crippen molar-refractivity contribution in [1.29, 1.82) is 0 Å². The second-order valence-corrected chi connectivity index (χ2v) is 5.53. The van der Waals surface area contributed by atoms with Crippen molar-refractivity contribution in [2.45, 2.75) is 18.9 Å².